The van der Waals surface area contributed by atoms with Gasteiger partial charge in [0.15, 0.2) is 0 Å². The van der Waals surface area contributed by atoms with Crippen LogP contribution in [0.25, 0.3) is 11.3 Å². The Balaban J connectivity index is 1.45. The van der Waals surface area contributed by atoms with Crippen molar-refractivity contribution in [2.45, 2.75) is 32.7 Å². The Kier molecular flexibility index (Phi) is 5.56. The standard InChI is InChI=1S/C24H26N4O/c1-17-5-7-19(8-6-17)18(2)27-24(29)21-11-9-20(10-12-21)22-15-23(26-16-25-22)28-13-3-4-14-28/h5-12,15-16,18H,3-4,13-14H2,1-2H3,(H,27,29)/t18-/m1/s1. The number of hydrogen-bond donors (Lipinski definition) is 1. The van der Waals surface area contributed by atoms with Crippen molar-refractivity contribution in [2.75, 3.05) is 18.0 Å². The number of hydrogen-bond acceptors (Lipinski definition) is 4. The highest BCUT2D eigenvalue weighted by molar-refractivity contribution is 5.94. The van der Waals surface area contributed by atoms with Crippen LogP contribution in [0.5, 0.6) is 0 Å². The molecule has 0 bridgehead atoms. The Labute approximate surface area is 171 Å². The average Bonchev–Trinajstić information content (AvgIpc) is 3.29. The zero-order chi connectivity index (χ0) is 20.2. The number of benzene rings is 2. The third-order valence-corrected chi connectivity index (χ3v) is 5.45. The predicted molar refractivity (Wildman–Crippen MR) is 116 cm³/mol. The maximum Gasteiger partial charge on any atom is 0.251 e. The molecule has 1 aliphatic heterocycles. The van der Waals surface area contributed by atoms with Crippen molar-refractivity contribution in [2.24, 2.45) is 0 Å². The molecular formula is C24H26N4O. The van der Waals surface area contributed by atoms with Crippen LogP contribution in [0.2, 0.25) is 0 Å². The second-order valence-electron chi connectivity index (χ2n) is 7.64. The van der Waals surface area contributed by atoms with E-state index in [1.165, 1.54) is 18.4 Å². The largest absolute Gasteiger partial charge is 0.357 e. The zero-order valence-corrected chi connectivity index (χ0v) is 16.9. The van der Waals surface area contributed by atoms with Gasteiger partial charge in [0.25, 0.3) is 5.91 Å². The quantitative estimate of drug-likeness (QED) is 0.699. The number of anilines is 1. The monoisotopic (exact) mass is 386 g/mol. The molecule has 4 rings (SSSR count). The highest BCUT2D eigenvalue weighted by Crippen LogP contribution is 2.24. The normalized spacial score (nSPS) is 14.6. The van der Waals surface area contributed by atoms with Crippen molar-refractivity contribution in [3.63, 3.8) is 0 Å². The molecule has 1 fully saturated rings. The van der Waals surface area contributed by atoms with Crippen molar-refractivity contribution in [3.8, 4) is 11.3 Å². The molecule has 1 aromatic heterocycles. The van der Waals surface area contributed by atoms with E-state index in [4.69, 9.17) is 0 Å². The lowest BCUT2D eigenvalue weighted by Gasteiger charge is -2.16. The zero-order valence-electron chi connectivity index (χ0n) is 16.9. The van der Waals surface area contributed by atoms with Crippen LogP contribution in [-0.4, -0.2) is 29.0 Å². The molecule has 5 nitrogen and oxygen atoms in total. The molecule has 3 aromatic rings. The number of carbonyl (C=O) groups excluding carboxylic acids is 1. The molecule has 1 aliphatic rings. The molecule has 2 heterocycles. The number of aryl methyl sites for hydroxylation is 1. The molecule has 1 N–H and O–H groups in total. The molecule has 1 saturated heterocycles. The summed E-state index contributed by atoms with van der Waals surface area (Å²) in [5.74, 6) is 0.895. The van der Waals surface area contributed by atoms with E-state index in [0.29, 0.717) is 5.56 Å². The van der Waals surface area contributed by atoms with Crippen molar-refractivity contribution >= 4 is 11.7 Å². The summed E-state index contributed by atoms with van der Waals surface area (Å²) < 4.78 is 0. The summed E-state index contributed by atoms with van der Waals surface area (Å²) in [5, 5.41) is 3.07. The van der Waals surface area contributed by atoms with Gasteiger partial charge >= 0.3 is 0 Å². The van der Waals surface area contributed by atoms with Crippen LogP contribution in [0.15, 0.2) is 60.9 Å². The van der Waals surface area contributed by atoms with Gasteiger partial charge in [0.05, 0.1) is 11.7 Å². The van der Waals surface area contributed by atoms with E-state index in [-0.39, 0.29) is 11.9 Å². The lowest BCUT2D eigenvalue weighted by molar-refractivity contribution is 0.0940. The molecule has 2 aromatic carbocycles. The maximum atomic E-state index is 12.6. The van der Waals surface area contributed by atoms with Crippen LogP contribution in [0.3, 0.4) is 0 Å². The first kappa shape index (κ1) is 19.1. The van der Waals surface area contributed by atoms with E-state index in [1.807, 2.05) is 37.3 Å². The third-order valence-electron chi connectivity index (χ3n) is 5.45. The number of aromatic nitrogens is 2. The fraction of sp³-hybridized carbons (Fsp3) is 0.292. The summed E-state index contributed by atoms with van der Waals surface area (Å²) in [6.45, 7) is 6.15. The molecule has 29 heavy (non-hydrogen) atoms. The van der Waals surface area contributed by atoms with Crippen molar-refractivity contribution in [1.82, 2.24) is 15.3 Å². The van der Waals surface area contributed by atoms with Gasteiger partial charge in [0, 0.05) is 30.3 Å². The Morgan fingerprint density at radius 1 is 1.00 bits per heavy atom. The minimum absolute atomic E-state index is 0.0485. The van der Waals surface area contributed by atoms with Gasteiger partial charge in [-0.05, 0) is 44.4 Å². The summed E-state index contributed by atoms with van der Waals surface area (Å²) in [6.07, 6.45) is 4.04. The third kappa shape index (κ3) is 4.45. The Morgan fingerprint density at radius 3 is 2.38 bits per heavy atom. The number of rotatable bonds is 5. The average molecular weight is 386 g/mol. The van der Waals surface area contributed by atoms with Crippen LogP contribution in [-0.2, 0) is 0 Å². The summed E-state index contributed by atoms with van der Waals surface area (Å²) in [5.41, 5.74) is 4.80. The van der Waals surface area contributed by atoms with Crippen molar-refractivity contribution in [1.29, 1.82) is 0 Å². The van der Waals surface area contributed by atoms with Crippen molar-refractivity contribution < 1.29 is 4.79 Å². The van der Waals surface area contributed by atoms with Crippen LogP contribution >= 0.6 is 0 Å². The van der Waals surface area contributed by atoms with E-state index in [9.17, 15) is 4.79 Å². The van der Waals surface area contributed by atoms with Crippen LogP contribution in [0.1, 0.15) is 47.3 Å². The summed E-state index contributed by atoms with van der Waals surface area (Å²) in [6, 6.07) is 17.8. The SMILES string of the molecule is Cc1ccc([C@@H](C)NC(=O)c2ccc(-c3cc(N4CCCC4)ncn3)cc2)cc1. The van der Waals surface area contributed by atoms with Gasteiger partial charge in [-0.15, -0.1) is 0 Å². The fourth-order valence-corrected chi connectivity index (χ4v) is 3.63. The van der Waals surface area contributed by atoms with E-state index in [1.54, 1.807) is 6.33 Å². The predicted octanol–water partition coefficient (Wildman–Crippen LogP) is 4.54. The number of amides is 1. The molecule has 0 saturated carbocycles. The van der Waals surface area contributed by atoms with Crippen LogP contribution < -0.4 is 10.2 Å². The van der Waals surface area contributed by atoms with Gasteiger partial charge in [0.2, 0.25) is 0 Å². The molecule has 0 aliphatic carbocycles. The minimum atomic E-state index is -0.0786. The fourth-order valence-electron chi connectivity index (χ4n) is 3.63. The van der Waals surface area contributed by atoms with E-state index in [0.717, 1.165) is 35.7 Å². The first-order valence-corrected chi connectivity index (χ1v) is 10.1. The van der Waals surface area contributed by atoms with E-state index < -0.39 is 0 Å². The van der Waals surface area contributed by atoms with E-state index in [2.05, 4.69) is 51.4 Å². The molecule has 1 amide bonds. The molecule has 148 valence electrons. The Bertz CT molecular complexity index is 977. The van der Waals surface area contributed by atoms with Crippen LogP contribution in [0.4, 0.5) is 5.82 Å². The second-order valence-corrected chi connectivity index (χ2v) is 7.64. The molecule has 1 atom stereocenters. The molecular weight excluding hydrogens is 360 g/mol. The van der Waals surface area contributed by atoms with Crippen LogP contribution in [0, 0.1) is 6.92 Å². The van der Waals surface area contributed by atoms with Gasteiger partial charge in [0.1, 0.15) is 12.1 Å². The Morgan fingerprint density at radius 2 is 1.69 bits per heavy atom. The first-order valence-electron chi connectivity index (χ1n) is 10.1. The second kappa shape index (κ2) is 8.43. The molecule has 0 unspecified atom stereocenters. The summed E-state index contributed by atoms with van der Waals surface area (Å²) in [4.78, 5) is 23.7. The molecule has 0 spiro atoms. The highest BCUT2D eigenvalue weighted by Gasteiger charge is 2.15. The van der Waals surface area contributed by atoms with E-state index >= 15 is 0 Å². The summed E-state index contributed by atoms with van der Waals surface area (Å²) >= 11 is 0. The lowest BCUT2D eigenvalue weighted by Crippen LogP contribution is -2.26. The smallest absolute Gasteiger partial charge is 0.251 e. The first-order chi connectivity index (χ1) is 14.1. The molecule has 0 radical (unpaired) electrons. The number of nitrogens with zero attached hydrogens (tertiary/aromatic N) is 3. The number of nitrogens with one attached hydrogen (secondary N) is 1. The highest BCUT2D eigenvalue weighted by atomic mass is 16.1. The van der Waals surface area contributed by atoms with Gasteiger partial charge in [-0.1, -0.05) is 42.0 Å². The maximum absolute atomic E-state index is 12.6. The lowest BCUT2D eigenvalue weighted by atomic mass is 10.1. The minimum Gasteiger partial charge on any atom is -0.357 e. The summed E-state index contributed by atoms with van der Waals surface area (Å²) in [7, 11) is 0. The van der Waals surface area contributed by atoms with Crippen molar-refractivity contribution in [3.05, 3.63) is 77.6 Å². The topological polar surface area (TPSA) is 58.1 Å². The van der Waals surface area contributed by atoms with Gasteiger partial charge in [-0.3, -0.25) is 4.79 Å². The molecule has 5 heteroatoms. The Hall–Kier alpha value is -3.21. The number of carbonyl (C=O) groups is 1. The van der Waals surface area contributed by atoms with Gasteiger partial charge in [-0.2, -0.15) is 0 Å². The van der Waals surface area contributed by atoms with Gasteiger partial charge in [-0.25, -0.2) is 9.97 Å². The van der Waals surface area contributed by atoms with Gasteiger partial charge < -0.3 is 10.2 Å².